The van der Waals surface area contributed by atoms with E-state index in [9.17, 15) is 13.2 Å². The number of hydrazine groups is 1. The molecule has 0 aliphatic carbocycles. The Hall–Kier alpha value is -1.80. The lowest BCUT2D eigenvalue weighted by Crippen LogP contribution is -2.36. The number of alkyl halides is 3. The molecule has 0 atom stereocenters. The fourth-order valence-electron chi connectivity index (χ4n) is 1.66. The Balaban J connectivity index is 2.81. The van der Waals surface area contributed by atoms with E-state index in [1.54, 1.807) is 7.11 Å². The van der Waals surface area contributed by atoms with E-state index >= 15 is 0 Å². The second kappa shape index (κ2) is 7.84. The van der Waals surface area contributed by atoms with Gasteiger partial charge in [-0.2, -0.15) is 13.2 Å². The molecule has 0 bridgehead atoms. The molecule has 118 valence electrons. The van der Waals surface area contributed by atoms with Gasteiger partial charge >= 0.3 is 6.18 Å². The summed E-state index contributed by atoms with van der Waals surface area (Å²) in [6.07, 6.45) is -3.71. The molecule has 1 aromatic carbocycles. The number of methoxy groups -OCH3 is 1. The third-order valence-corrected chi connectivity index (χ3v) is 2.72. The van der Waals surface area contributed by atoms with Crippen LogP contribution in [0.25, 0.3) is 0 Å². The summed E-state index contributed by atoms with van der Waals surface area (Å²) < 4.78 is 43.3. The molecule has 8 heteroatoms. The van der Waals surface area contributed by atoms with Crippen molar-refractivity contribution in [2.45, 2.75) is 19.5 Å². The van der Waals surface area contributed by atoms with Crippen LogP contribution in [0.1, 0.15) is 17.5 Å². The number of hydrogen-bond donors (Lipinski definition) is 3. The highest BCUT2D eigenvalue weighted by Gasteiger charge is 2.32. The van der Waals surface area contributed by atoms with Gasteiger partial charge in [-0.3, -0.25) is 10.4 Å². The second-order valence-corrected chi connectivity index (χ2v) is 4.37. The second-order valence-electron chi connectivity index (χ2n) is 4.37. The van der Waals surface area contributed by atoms with Gasteiger partial charge in [0.1, 0.15) is 0 Å². The molecule has 0 fully saturated rings. The Morgan fingerprint density at radius 1 is 1.38 bits per heavy atom. The first kappa shape index (κ1) is 17.3. The average Bonchev–Trinajstić information content (AvgIpc) is 2.42. The Kier molecular flexibility index (Phi) is 6.44. The number of nitrogens with two attached hydrogens (primary N) is 1. The van der Waals surface area contributed by atoms with Crippen molar-refractivity contribution in [1.82, 2.24) is 5.43 Å². The lowest BCUT2D eigenvalue weighted by atomic mass is 10.1. The van der Waals surface area contributed by atoms with Gasteiger partial charge in [-0.1, -0.05) is 6.07 Å². The number of aryl methyl sites for hydroxylation is 1. The molecule has 0 heterocycles. The number of halogens is 3. The van der Waals surface area contributed by atoms with Gasteiger partial charge in [0.15, 0.2) is 0 Å². The van der Waals surface area contributed by atoms with Crippen molar-refractivity contribution in [1.29, 1.82) is 0 Å². The molecule has 0 radical (unpaired) electrons. The van der Waals surface area contributed by atoms with E-state index in [4.69, 9.17) is 10.6 Å². The first-order valence-electron chi connectivity index (χ1n) is 6.33. The predicted octanol–water partition coefficient (Wildman–Crippen LogP) is 2.28. The van der Waals surface area contributed by atoms with Crippen molar-refractivity contribution in [3.8, 4) is 0 Å². The summed E-state index contributed by atoms with van der Waals surface area (Å²) in [7, 11) is 1.58. The lowest BCUT2D eigenvalue weighted by molar-refractivity contribution is -0.138. The molecule has 0 saturated carbocycles. The maximum absolute atomic E-state index is 12.8. The molecule has 0 aliphatic rings. The van der Waals surface area contributed by atoms with Crippen LogP contribution in [0.3, 0.4) is 0 Å². The van der Waals surface area contributed by atoms with Gasteiger partial charge in [0, 0.05) is 25.9 Å². The van der Waals surface area contributed by atoms with Crippen LogP contribution in [0, 0.1) is 6.92 Å². The van der Waals surface area contributed by atoms with Gasteiger partial charge in [0.05, 0.1) is 5.56 Å². The molecule has 1 rings (SSSR count). The largest absolute Gasteiger partial charge is 0.416 e. The third kappa shape index (κ3) is 5.60. The number of anilines is 1. The van der Waals surface area contributed by atoms with Crippen molar-refractivity contribution in [2.24, 2.45) is 10.8 Å². The zero-order valence-electron chi connectivity index (χ0n) is 11.9. The molecule has 0 amide bonds. The highest BCUT2D eigenvalue weighted by atomic mass is 19.4. The molecular formula is C13H19F3N4O. The Labute approximate surface area is 121 Å². The van der Waals surface area contributed by atoms with Gasteiger partial charge < -0.3 is 10.1 Å². The lowest BCUT2D eigenvalue weighted by Gasteiger charge is -2.14. The summed E-state index contributed by atoms with van der Waals surface area (Å²) in [5, 5.41) is 2.72. The Bertz CT molecular complexity index is 489. The van der Waals surface area contributed by atoms with Crippen molar-refractivity contribution in [3.63, 3.8) is 0 Å². The first-order chi connectivity index (χ1) is 9.88. The number of rotatable bonds is 5. The van der Waals surface area contributed by atoms with E-state index in [1.165, 1.54) is 19.1 Å². The molecule has 0 aliphatic heterocycles. The average molecular weight is 304 g/mol. The first-order valence-corrected chi connectivity index (χ1v) is 6.33. The van der Waals surface area contributed by atoms with E-state index in [2.05, 4.69) is 15.7 Å². The van der Waals surface area contributed by atoms with Crippen LogP contribution in [0.5, 0.6) is 0 Å². The molecule has 1 aromatic rings. The molecule has 0 saturated heterocycles. The fraction of sp³-hybridized carbons (Fsp3) is 0.462. The van der Waals surface area contributed by atoms with E-state index in [0.29, 0.717) is 19.6 Å². The summed E-state index contributed by atoms with van der Waals surface area (Å²) in [5.41, 5.74) is 2.05. The standard InChI is InChI=1S/C13H19F3N4O/c1-9-4-5-10(8-11(9)13(14,15)16)19-12(20-17)18-6-3-7-21-2/h4-5,8H,3,6-7,17H2,1-2H3,(H2,18,19,20). The summed E-state index contributed by atoms with van der Waals surface area (Å²) in [4.78, 5) is 4.10. The van der Waals surface area contributed by atoms with Gasteiger partial charge in [-0.15, -0.1) is 0 Å². The van der Waals surface area contributed by atoms with Crippen LogP contribution < -0.4 is 16.6 Å². The van der Waals surface area contributed by atoms with Crippen LogP contribution in [-0.4, -0.2) is 26.2 Å². The van der Waals surface area contributed by atoms with E-state index < -0.39 is 11.7 Å². The number of nitrogens with zero attached hydrogens (tertiary/aromatic N) is 1. The summed E-state index contributed by atoms with van der Waals surface area (Å²) in [6, 6.07) is 3.95. The number of hydrogen-bond acceptors (Lipinski definition) is 3. The minimum atomic E-state index is -4.40. The Morgan fingerprint density at radius 3 is 2.67 bits per heavy atom. The molecule has 4 N–H and O–H groups in total. The third-order valence-electron chi connectivity index (χ3n) is 2.72. The maximum Gasteiger partial charge on any atom is 0.416 e. The smallest absolute Gasteiger partial charge is 0.385 e. The highest BCUT2D eigenvalue weighted by Crippen LogP contribution is 2.33. The quantitative estimate of drug-likeness (QED) is 0.257. The number of ether oxygens (including phenoxy) is 1. The minimum Gasteiger partial charge on any atom is -0.385 e. The number of guanidine groups is 1. The minimum absolute atomic E-state index is 0.160. The monoisotopic (exact) mass is 304 g/mol. The summed E-state index contributed by atoms with van der Waals surface area (Å²) in [6.45, 7) is 2.40. The Morgan fingerprint density at radius 2 is 2.10 bits per heavy atom. The van der Waals surface area contributed by atoms with Crippen molar-refractivity contribution in [2.75, 3.05) is 25.6 Å². The molecule has 0 unspecified atom stereocenters. The van der Waals surface area contributed by atoms with Crippen LogP contribution in [0.2, 0.25) is 0 Å². The van der Waals surface area contributed by atoms with Crippen LogP contribution in [0.15, 0.2) is 23.2 Å². The predicted molar refractivity (Wildman–Crippen MR) is 75.9 cm³/mol. The number of aliphatic imine (C=N–C) groups is 1. The van der Waals surface area contributed by atoms with Gasteiger partial charge in [0.25, 0.3) is 0 Å². The highest BCUT2D eigenvalue weighted by molar-refractivity contribution is 5.93. The molecular weight excluding hydrogens is 285 g/mol. The summed E-state index contributed by atoms with van der Waals surface area (Å²) in [5.74, 6) is 5.49. The van der Waals surface area contributed by atoms with E-state index in [-0.39, 0.29) is 17.2 Å². The molecule has 0 spiro atoms. The van der Waals surface area contributed by atoms with Crippen LogP contribution >= 0.6 is 0 Å². The molecule has 21 heavy (non-hydrogen) atoms. The van der Waals surface area contributed by atoms with E-state index in [0.717, 1.165) is 6.07 Å². The normalized spacial score (nSPS) is 12.4. The van der Waals surface area contributed by atoms with Crippen LogP contribution in [0.4, 0.5) is 18.9 Å². The zero-order valence-corrected chi connectivity index (χ0v) is 11.9. The topological polar surface area (TPSA) is 71.7 Å². The molecule has 5 nitrogen and oxygen atoms in total. The SMILES string of the molecule is COCCCN=C(NN)Nc1ccc(C)c(C(F)(F)F)c1. The fourth-order valence-corrected chi connectivity index (χ4v) is 1.66. The van der Waals surface area contributed by atoms with Gasteiger partial charge in [-0.25, -0.2) is 5.84 Å². The van der Waals surface area contributed by atoms with Gasteiger partial charge in [-0.05, 0) is 31.0 Å². The maximum atomic E-state index is 12.8. The van der Waals surface area contributed by atoms with Crippen LogP contribution in [-0.2, 0) is 10.9 Å². The number of nitrogens with one attached hydrogen (secondary N) is 2. The van der Waals surface area contributed by atoms with Gasteiger partial charge in [0.2, 0.25) is 5.96 Å². The van der Waals surface area contributed by atoms with Crippen molar-refractivity contribution < 1.29 is 17.9 Å². The summed E-state index contributed by atoms with van der Waals surface area (Å²) >= 11 is 0. The van der Waals surface area contributed by atoms with Crippen molar-refractivity contribution in [3.05, 3.63) is 29.3 Å². The van der Waals surface area contributed by atoms with E-state index in [1.807, 2.05) is 0 Å². The number of benzene rings is 1. The van der Waals surface area contributed by atoms with Crippen molar-refractivity contribution >= 4 is 11.6 Å². The zero-order chi connectivity index (χ0) is 15.9. The molecule has 0 aromatic heterocycles.